The van der Waals surface area contributed by atoms with Crippen LogP contribution in [-0.4, -0.2) is 40.1 Å². The molecule has 1 fully saturated rings. The fourth-order valence-corrected chi connectivity index (χ4v) is 3.01. The van der Waals surface area contributed by atoms with Crippen molar-refractivity contribution in [3.05, 3.63) is 18.0 Å². The van der Waals surface area contributed by atoms with E-state index in [9.17, 15) is 4.79 Å². The summed E-state index contributed by atoms with van der Waals surface area (Å²) in [6.45, 7) is 9.47. The fraction of sp³-hybridized carbons (Fsp3) is 0.765. The minimum atomic E-state index is 0.187. The Morgan fingerprint density at radius 3 is 2.90 bits per heavy atom. The highest BCUT2D eigenvalue weighted by Gasteiger charge is 2.21. The largest absolute Gasteiger partial charge is 0.301 e. The van der Waals surface area contributed by atoms with Crippen LogP contribution in [-0.2, 0) is 4.79 Å². The molecule has 0 amide bonds. The van der Waals surface area contributed by atoms with E-state index in [-0.39, 0.29) is 5.92 Å². The molecule has 118 valence electrons. The van der Waals surface area contributed by atoms with Crippen molar-refractivity contribution < 1.29 is 4.79 Å². The van der Waals surface area contributed by atoms with E-state index in [1.807, 2.05) is 20.0 Å². The zero-order valence-electron chi connectivity index (χ0n) is 13.7. The Kier molecular flexibility index (Phi) is 5.97. The van der Waals surface area contributed by atoms with E-state index in [4.69, 9.17) is 0 Å². The standard InChI is InChI=1S/C17H29N3O/c1-14(2)17(21)8-4-5-9-19-10-6-7-16(13-19)20-12-15(3)11-18-20/h11-12,14,16H,4-10,13H2,1-3H3. The highest BCUT2D eigenvalue weighted by molar-refractivity contribution is 5.80. The summed E-state index contributed by atoms with van der Waals surface area (Å²) >= 11 is 0. The van der Waals surface area contributed by atoms with Crippen molar-refractivity contribution in [1.82, 2.24) is 14.7 Å². The number of hydrogen-bond acceptors (Lipinski definition) is 3. The van der Waals surface area contributed by atoms with Crippen molar-refractivity contribution in [2.75, 3.05) is 19.6 Å². The van der Waals surface area contributed by atoms with Gasteiger partial charge in [-0.1, -0.05) is 13.8 Å². The number of unbranched alkanes of at least 4 members (excludes halogenated alkanes) is 1. The number of likely N-dealkylation sites (tertiary alicyclic amines) is 1. The smallest absolute Gasteiger partial charge is 0.135 e. The number of piperidine rings is 1. The Hall–Kier alpha value is -1.16. The first-order chi connectivity index (χ1) is 10.1. The van der Waals surface area contributed by atoms with E-state index >= 15 is 0 Å². The summed E-state index contributed by atoms with van der Waals surface area (Å²) in [7, 11) is 0. The SMILES string of the molecule is Cc1cnn(C2CCCN(CCCCC(=O)C(C)C)C2)c1. The normalized spacial score (nSPS) is 20.1. The third-order valence-corrected chi connectivity index (χ3v) is 4.38. The molecule has 0 N–H and O–H groups in total. The number of aryl methyl sites for hydroxylation is 1. The second-order valence-corrected chi connectivity index (χ2v) is 6.67. The van der Waals surface area contributed by atoms with E-state index < -0.39 is 0 Å². The number of aromatic nitrogens is 2. The Bertz CT molecular complexity index is 453. The zero-order valence-corrected chi connectivity index (χ0v) is 13.7. The summed E-state index contributed by atoms with van der Waals surface area (Å²) in [6.07, 6.45) is 9.46. The van der Waals surface area contributed by atoms with Gasteiger partial charge >= 0.3 is 0 Å². The van der Waals surface area contributed by atoms with Gasteiger partial charge < -0.3 is 4.90 Å². The number of ketones is 1. The topological polar surface area (TPSA) is 38.1 Å². The average molecular weight is 291 g/mol. The molecule has 1 aromatic rings. The first kappa shape index (κ1) is 16.2. The van der Waals surface area contributed by atoms with Gasteiger partial charge in [-0.2, -0.15) is 5.10 Å². The molecule has 1 unspecified atom stereocenters. The molecule has 1 atom stereocenters. The molecule has 1 aliphatic rings. The Balaban J connectivity index is 1.71. The van der Waals surface area contributed by atoms with Crippen LogP contribution in [0.4, 0.5) is 0 Å². The molecular weight excluding hydrogens is 262 g/mol. The van der Waals surface area contributed by atoms with Gasteiger partial charge in [0.1, 0.15) is 5.78 Å². The first-order valence-electron chi connectivity index (χ1n) is 8.32. The first-order valence-corrected chi connectivity index (χ1v) is 8.32. The predicted octanol–water partition coefficient (Wildman–Crippen LogP) is 3.22. The number of hydrogen-bond donors (Lipinski definition) is 0. The second kappa shape index (κ2) is 7.74. The monoisotopic (exact) mass is 291 g/mol. The third-order valence-electron chi connectivity index (χ3n) is 4.38. The lowest BCUT2D eigenvalue weighted by Gasteiger charge is -2.32. The minimum absolute atomic E-state index is 0.187. The number of carbonyl (C=O) groups excluding carboxylic acids is 1. The fourth-order valence-electron chi connectivity index (χ4n) is 3.01. The molecular formula is C17H29N3O. The van der Waals surface area contributed by atoms with Crippen molar-refractivity contribution in [2.45, 2.75) is 58.9 Å². The molecule has 1 aromatic heterocycles. The highest BCUT2D eigenvalue weighted by Crippen LogP contribution is 2.21. The summed E-state index contributed by atoms with van der Waals surface area (Å²) in [4.78, 5) is 14.1. The number of nitrogens with zero attached hydrogens (tertiary/aromatic N) is 3. The van der Waals surface area contributed by atoms with Gasteiger partial charge in [0.25, 0.3) is 0 Å². The van der Waals surface area contributed by atoms with Crippen LogP contribution >= 0.6 is 0 Å². The molecule has 0 aromatic carbocycles. The lowest BCUT2D eigenvalue weighted by molar-refractivity contribution is -0.122. The van der Waals surface area contributed by atoms with Gasteiger partial charge in [-0.15, -0.1) is 0 Å². The van der Waals surface area contributed by atoms with Crippen molar-refractivity contribution in [3.63, 3.8) is 0 Å². The van der Waals surface area contributed by atoms with Crippen molar-refractivity contribution >= 4 is 5.78 Å². The Morgan fingerprint density at radius 2 is 2.24 bits per heavy atom. The van der Waals surface area contributed by atoms with Gasteiger partial charge in [-0.3, -0.25) is 9.48 Å². The van der Waals surface area contributed by atoms with Crippen LogP contribution in [0.15, 0.2) is 12.4 Å². The maximum atomic E-state index is 11.6. The van der Waals surface area contributed by atoms with Crippen LogP contribution in [0.1, 0.15) is 57.6 Å². The molecule has 4 nitrogen and oxygen atoms in total. The number of Topliss-reactive ketones (excluding diaryl/α,β-unsaturated/α-hetero) is 1. The maximum absolute atomic E-state index is 11.6. The van der Waals surface area contributed by atoms with E-state index in [1.165, 1.54) is 24.9 Å². The van der Waals surface area contributed by atoms with Crippen molar-refractivity contribution in [2.24, 2.45) is 5.92 Å². The summed E-state index contributed by atoms with van der Waals surface area (Å²) < 4.78 is 2.13. The van der Waals surface area contributed by atoms with E-state index in [2.05, 4.69) is 27.8 Å². The highest BCUT2D eigenvalue weighted by atomic mass is 16.1. The number of rotatable bonds is 7. The van der Waals surface area contributed by atoms with Crippen LogP contribution < -0.4 is 0 Å². The molecule has 21 heavy (non-hydrogen) atoms. The van der Waals surface area contributed by atoms with E-state index in [0.29, 0.717) is 11.8 Å². The summed E-state index contributed by atoms with van der Waals surface area (Å²) in [5, 5.41) is 4.46. The van der Waals surface area contributed by atoms with Gasteiger partial charge in [0.05, 0.1) is 12.2 Å². The molecule has 1 aliphatic heterocycles. The van der Waals surface area contributed by atoms with Crippen LogP contribution in [0.25, 0.3) is 0 Å². The van der Waals surface area contributed by atoms with Gasteiger partial charge in [-0.25, -0.2) is 0 Å². The lowest BCUT2D eigenvalue weighted by atomic mass is 10.0. The maximum Gasteiger partial charge on any atom is 0.135 e. The van der Waals surface area contributed by atoms with Crippen LogP contribution in [0.3, 0.4) is 0 Å². The Morgan fingerprint density at radius 1 is 1.43 bits per heavy atom. The van der Waals surface area contributed by atoms with Crippen molar-refractivity contribution in [1.29, 1.82) is 0 Å². The van der Waals surface area contributed by atoms with Gasteiger partial charge in [0.2, 0.25) is 0 Å². The summed E-state index contributed by atoms with van der Waals surface area (Å²) in [5.41, 5.74) is 1.24. The minimum Gasteiger partial charge on any atom is -0.301 e. The predicted molar refractivity (Wildman–Crippen MR) is 85.4 cm³/mol. The third kappa shape index (κ3) is 4.95. The molecule has 2 heterocycles. The summed E-state index contributed by atoms with van der Waals surface area (Å²) in [5.74, 6) is 0.589. The van der Waals surface area contributed by atoms with Crippen LogP contribution in [0, 0.1) is 12.8 Å². The molecule has 0 saturated carbocycles. The van der Waals surface area contributed by atoms with E-state index in [0.717, 1.165) is 32.4 Å². The Labute approximate surface area is 128 Å². The van der Waals surface area contributed by atoms with Crippen LogP contribution in [0.5, 0.6) is 0 Å². The van der Waals surface area contributed by atoms with Gasteiger partial charge in [0.15, 0.2) is 0 Å². The average Bonchev–Trinajstić information content (AvgIpc) is 2.90. The van der Waals surface area contributed by atoms with E-state index in [1.54, 1.807) is 0 Å². The van der Waals surface area contributed by atoms with Crippen LogP contribution in [0.2, 0.25) is 0 Å². The van der Waals surface area contributed by atoms with Gasteiger partial charge in [0, 0.05) is 25.1 Å². The zero-order chi connectivity index (χ0) is 15.2. The molecule has 1 saturated heterocycles. The number of carbonyl (C=O) groups is 1. The quantitative estimate of drug-likeness (QED) is 0.724. The second-order valence-electron chi connectivity index (χ2n) is 6.67. The molecule has 0 spiro atoms. The lowest BCUT2D eigenvalue weighted by Crippen LogP contribution is -2.37. The van der Waals surface area contributed by atoms with Gasteiger partial charge in [-0.05, 0) is 51.3 Å². The molecule has 4 heteroatoms. The molecule has 0 aliphatic carbocycles. The molecule has 2 rings (SSSR count). The molecule has 0 bridgehead atoms. The molecule has 0 radical (unpaired) electrons. The summed E-state index contributed by atoms with van der Waals surface area (Å²) in [6, 6.07) is 0.518. The van der Waals surface area contributed by atoms with Crippen molar-refractivity contribution in [3.8, 4) is 0 Å².